The van der Waals surface area contributed by atoms with Crippen LogP contribution in [-0.4, -0.2) is 19.3 Å². The Morgan fingerprint density at radius 3 is 2.56 bits per heavy atom. The Kier molecular flexibility index (Phi) is 3.01. The molecule has 0 saturated heterocycles. The summed E-state index contributed by atoms with van der Waals surface area (Å²) in [5.74, 6) is 0. The lowest BCUT2D eigenvalue weighted by molar-refractivity contribution is 0.443. The van der Waals surface area contributed by atoms with E-state index in [0.717, 1.165) is 21.6 Å². The van der Waals surface area contributed by atoms with Gasteiger partial charge in [0.1, 0.15) is 5.52 Å². The van der Waals surface area contributed by atoms with Crippen LogP contribution in [0.1, 0.15) is 50.3 Å². The lowest BCUT2D eigenvalue weighted by Gasteiger charge is -2.16. The minimum absolute atomic E-state index is 0.545. The van der Waals surface area contributed by atoms with E-state index in [-0.39, 0.29) is 0 Å². The Labute approximate surface area is 112 Å². The van der Waals surface area contributed by atoms with E-state index in [1.54, 1.807) is 0 Å². The first-order valence-corrected chi connectivity index (χ1v) is 7.23. The molecule has 1 fully saturated rings. The third-order valence-corrected chi connectivity index (χ3v) is 4.36. The van der Waals surface area contributed by atoms with Crippen LogP contribution in [-0.2, 0) is 7.05 Å². The van der Waals surface area contributed by atoms with Crippen molar-refractivity contribution >= 4 is 23.4 Å². The molecule has 0 aliphatic heterocycles. The summed E-state index contributed by atoms with van der Waals surface area (Å²) in [6.45, 7) is 2.03. The number of nitrogens with zero attached hydrogens (tertiary/aromatic N) is 3. The Morgan fingerprint density at radius 2 is 1.89 bits per heavy atom. The number of hydrogen-bond donors (Lipinski definition) is 1. The van der Waals surface area contributed by atoms with Gasteiger partial charge in [-0.1, -0.05) is 25.7 Å². The third kappa shape index (κ3) is 1.81. The molecule has 1 N–H and O–H groups in total. The van der Waals surface area contributed by atoms with Crippen molar-refractivity contribution in [1.82, 2.24) is 19.3 Å². The summed E-state index contributed by atoms with van der Waals surface area (Å²) in [5, 5.41) is 4.49. The lowest BCUT2D eigenvalue weighted by atomic mass is 10.1. The Morgan fingerprint density at radius 1 is 1.22 bits per heavy atom. The molecule has 5 heteroatoms. The SMILES string of the molecule is Cc1nn(C)c2c1[nH]c(=S)n2C1CCCCCC1. The summed E-state index contributed by atoms with van der Waals surface area (Å²) < 4.78 is 5.12. The zero-order valence-corrected chi connectivity index (χ0v) is 11.9. The predicted molar refractivity (Wildman–Crippen MR) is 75.4 cm³/mol. The van der Waals surface area contributed by atoms with E-state index < -0.39 is 0 Å². The standard InChI is InChI=1S/C13H20N4S/c1-9-11-12(16(2)15-9)17(13(18)14-11)10-7-5-3-4-6-8-10/h10H,3-8H2,1-2H3,(H,14,18). The third-order valence-electron chi connectivity index (χ3n) is 4.06. The highest BCUT2D eigenvalue weighted by molar-refractivity contribution is 7.71. The molecule has 18 heavy (non-hydrogen) atoms. The molecule has 0 spiro atoms. The van der Waals surface area contributed by atoms with Crippen LogP contribution in [0.2, 0.25) is 0 Å². The van der Waals surface area contributed by atoms with Crippen LogP contribution in [0.3, 0.4) is 0 Å². The monoisotopic (exact) mass is 264 g/mol. The molecule has 2 heterocycles. The van der Waals surface area contributed by atoms with Crippen molar-refractivity contribution in [1.29, 1.82) is 0 Å². The topological polar surface area (TPSA) is 38.5 Å². The van der Waals surface area contributed by atoms with Crippen molar-refractivity contribution in [2.45, 2.75) is 51.5 Å². The van der Waals surface area contributed by atoms with Gasteiger partial charge in [0.15, 0.2) is 10.4 Å². The van der Waals surface area contributed by atoms with Crippen LogP contribution in [0.4, 0.5) is 0 Å². The van der Waals surface area contributed by atoms with Gasteiger partial charge in [-0.05, 0) is 32.0 Å². The summed E-state index contributed by atoms with van der Waals surface area (Å²) in [6, 6.07) is 0.545. The fraction of sp³-hybridized carbons (Fsp3) is 0.692. The number of aryl methyl sites for hydroxylation is 2. The van der Waals surface area contributed by atoms with Crippen molar-refractivity contribution in [3.8, 4) is 0 Å². The summed E-state index contributed by atoms with van der Waals surface area (Å²) in [7, 11) is 2.01. The Bertz CT molecular complexity index is 611. The molecule has 0 atom stereocenters. The maximum atomic E-state index is 5.52. The van der Waals surface area contributed by atoms with Gasteiger partial charge in [-0.25, -0.2) is 0 Å². The van der Waals surface area contributed by atoms with Crippen LogP contribution < -0.4 is 0 Å². The number of rotatable bonds is 1. The lowest BCUT2D eigenvalue weighted by Crippen LogP contribution is -2.10. The number of imidazole rings is 1. The number of hydrogen-bond acceptors (Lipinski definition) is 2. The highest BCUT2D eigenvalue weighted by atomic mass is 32.1. The van der Waals surface area contributed by atoms with E-state index in [1.807, 2.05) is 18.7 Å². The van der Waals surface area contributed by atoms with Gasteiger partial charge >= 0.3 is 0 Å². The van der Waals surface area contributed by atoms with Crippen molar-refractivity contribution < 1.29 is 0 Å². The number of aromatic nitrogens is 4. The second kappa shape index (κ2) is 4.53. The van der Waals surface area contributed by atoms with Gasteiger partial charge in [0.25, 0.3) is 0 Å². The maximum Gasteiger partial charge on any atom is 0.179 e. The van der Waals surface area contributed by atoms with Crippen LogP contribution in [0.25, 0.3) is 11.2 Å². The van der Waals surface area contributed by atoms with Gasteiger partial charge in [-0.3, -0.25) is 9.25 Å². The number of H-pyrrole nitrogens is 1. The molecule has 4 nitrogen and oxygen atoms in total. The minimum atomic E-state index is 0.545. The first-order chi connectivity index (χ1) is 8.68. The number of aromatic amines is 1. The maximum absolute atomic E-state index is 5.52. The summed E-state index contributed by atoms with van der Waals surface area (Å²) >= 11 is 5.52. The molecule has 1 aliphatic rings. The molecule has 0 radical (unpaired) electrons. The second-order valence-electron chi connectivity index (χ2n) is 5.35. The quantitative estimate of drug-likeness (QED) is 0.631. The van der Waals surface area contributed by atoms with Gasteiger partial charge in [-0.2, -0.15) is 5.10 Å². The average Bonchev–Trinajstić information content (AvgIpc) is 2.68. The zero-order chi connectivity index (χ0) is 12.7. The molecular formula is C13H20N4S. The molecule has 3 rings (SSSR count). The second-order valence-corrected chi connectivity index (χ2v) is 5.74. The summed E-state index contributed by atoms with van der Waals surface area (Å²) in [5.41, 5.74) is 3.29. The van der Waals surface area contributed by atoms with Crippen LogP contribution in [0, 0.1) is 11.7 Å². The molecule has 1 aliphatic carbocycles. The first kappa shape index (κ1) is 12.0. The number of nitrogens with one attached hydrogen (secondary N) is 1. The van der Waals surface area contributed by atoms with E-state index in [9.17, 15) is 0 Å². The average molecular weight is 264 g/mol. The molecule has 2 aromatic rings. The summed E-state index contributed by atoms with van der Waals surface area (Å²) in [4.78, 5) is 3.33. The van der Waals surface area contributed by atoms with E-state index in [0.29, 0.717) is 6.04 Å². The van der Waals surface area contributed by atoms with Crippen molar-refractivity contribution in [3.63, 3.8) is 0 Å². The fourth-order valence-electron chi connectivity index (χ4n) is 3.19. The molecular weight excluding hydrogens is 244 g/mol. The predicted octanol–water partition coefficient (Wildman–Crippen LogP) is 3.64. The zero-order valence-electron chi connectivity index (χ0n) is 11.1. The fourth-order valence-corrected chi connectivity index (χ4v) is 3.52. The van der Waals surface area contributed by atoms with Crippen molar-refractivity contribution in [2.24, 2.45) is 7.05 Å². The Hall–Kier alpha value is -1.10. The van der Waals surface area contributed by atoms with E-state index in [4.69, 9.17) is 12.2 Å². The van der Waals surface area contributed by atoms with Crippen LogP contribution >= 0.6 is 12.2 Å². The normalized spacial score (nSPS) is 18.3. The van der Waals surface area contributed by atoms with Gasteiger partial charge < -0.3 is 4.98 Å². The summed E-state index contributed by atoms with van der Waals surface area (Å²) in [6.07, 6.45) is 7.84. The minimum Gasteiger partial charge on any atom is -0.328 e. The van der Waals surface area contributed by atoms with Crippen molar-refractivity contribution in [3.05, 3.63) is 10.5 Å². The van der Waals surface area contributed by atoms with E-state index in [2.05, 4.69) is 14.6 Å². The Balaban J connectivity index is 2.15. The molecule has 0 bridgehead atoms. The highest BCUT2D eigenvalue weighted by Crippen LogP contribution is 2.31. The molecule has 1 saturated carbocycles. The molecule has 0 amide bonds. The van der Waals surface area contributed by atoms with E-state index in [1.165, 1.54) is 38.5 Å². The van der Waals surface area contributed by atoms with Gasteiger partial charge in [0, 0.05) is 13.1 Å². The smallest absolute Gasteiger partial charge is 0.179 e. The molecule has 0 aromatic carbocycles. The first-order valence-electron chi connectivity index (χ1n) is 6.82. The molecule has 0 unspecified atom stereocenters. The van der Waals surface area contributed by atoms with Crippen LogP contribution in [0.5, 0.6) is 0 Å². The highest BCUT2D eigenvalue weighted by Gasteiger charge is 2.20. The van der Waals surface area contributed by atoms with Gasteiger partial charge in [0.05, 0.1) is 5.69 Å². The van der Waals surface area contributed by atoms with Crippen LogP contribution in [0.15, 0.2) is 0 Å². The van der Waals surface area contributed by atoms with Crippen molar-refractivity contribution in [2.75, 3.05) is 0 Å². The van der Waals surface area contributed by atoms with E-state index >= 15 is 0 Å². The largest absolute Gasteiger partial charge is 0.328 e. The van der Waals surface area contributed by atoms with Gasteiger partial charge in [0.2, 0.25) is 0 Å². The van der Waals surface area contributed by atoms with Gasteiger partial charge in [-0.15, -0.1) is 0 Å². The molecule has 2 aromatic heterocycles. The number of fused-ring (bicyclic) bond motifs is 1. The molecule has 98 valence electrons.